The first-order valence-electron chi connectivity index (χ1n) is 4.95. The molecular weight excluding hydrogens is 228 g/mol. The molecule has 3 rings (SSSR count). The molecular formula is C12H7F2NS. The van der Waals surface area contributed by atoms with Crippen molar-refractivity contribution >= 4 is 21.6 Å². The Morgan fingerprint density at radius 2 is 2.19 bits per heavy atom. The largest absolute Gasteiger partial charge is 0.238 e. The predicted molar refractivity (Wildman–Crippen MR) is 59.4 cm³/mol. The molecule has 1 aliphatic rings. The summed E-state index contributed by atoms with van der Waals surface area (Å²) >= 11 is 1.36. The molecule has 0 atom stereocenters. The molecule has 1 nitrogen and oxygen atoms in total. The number of hydrogen-bond acceptors (Lipinski definition) is 2. The lowest BCUT2D eigenvalue weighted by atomic mass is 10.2. The molecule has 0 saturated heterocycles. The van der Waals surface area contributed by atoms with Gasteiger partial charge in [-0.2, -0.15) is 0 Å². The summed E-state index contributed by atoms with van der Waals surface area (Å²) in [5.74, 6) is 1.07. The minimum atomic E-state index is -0.708. The maximum atomic E-state index is 13.8. The van der Waals surface area contributed by atoms with Crippen molar-refractivity contribution in [3.05, 3.63) is 28.3 Å². The Hall–Kier alpha value is -1.47. The fraction of sp³-hybridized carbons (Fsp3) is 0.250. The van der Waals surface area contributed by atoms with Crippen molar-refractivity contribution in [1.29, 1.82) is 0 Å². The summed E-state index contributed by atoms with van der Waals surface area (Å²) in [4.78, 5) is 4.21. The molecule has 0 radical (unpaired) electrons. The highest BCUT2D eigenvalue weighted by Crippen LogP contribution is 2.43. The van der Waals surface area contributed by atoms with Crippen LogP contribution in [0.3, 0.4) is 0 Å². The molecule has 16 heavy (non-hydrogen) atoms. The predicted octanol–water partition coefficient (Wildman–Crippen LogP) is 3.43. The molecule has 1 aliphatic carbocycles. The summed E-state index contributed by atoms with van der Waals surface area (Å²) in [7, 11) is 0. The number of nitrogens with zero attached hydrogens (tertiary/aromatic N) is 1. The van der Waals surface area contributed by atoms with E-state index in [2.05, 4.69) is 4.98 Å². The highest BCUT2D eigenvalue weighted by molar-refractivity contribution is 7.18. The first-order valence-corrected chi connectivity index (χ1v) is 5.77. The summed E-state index contributed by atoms with van der Waals surface area (Å²) < 4.78 is 27.7. The maximum Gasteiger partial charge on any atom is 0.168 e. The molecule has 1 aromatic carbocycles. The monoisotopic (exact) mass is 235 g/mol. The normalized spacial score (nSPS) is 15.3. The Bertz CT molecular complexity index is 620. The number of rotatable bonds is 1. The van der Waals surface area contributed by atoms with Gasteiger partial charge in [-0.05, 0) is 18.9 Å². The van der Waals surface area contributed by atoms with Crippen LogP contribution in [0.25, 0.3) is 10.2 Å². The van der Waals surface area contributed by atoms with E-state index < -0.39 is 11.6 Å². The van der Waals surface area contributed by atoms with Gasteiger partial charge >= 0.3 is 0 Å². The molecule has 0 bridgehead atoms. The number of halogens is 2. The van der Waals surface area contributed by atoms with Crippen LogP contribution in [0.1, 0.15) is 29.3 Å². The molecule has 80 valence electrons. The summed E-state index contributed by atoms with van der Waals surface area (Å²) in [6.45, 7) is 0. The lowest BCUT2D eigenvalue weighted by molar-refractivity contribution is 0.585. The van der Waals surface area contributed by atoms with E-state index in [0.717, 1.165) is 17.8 Å². The Morgan fingerprint density at radius 1 is 1.44 bits per heavy atom. The van der Waals surface area contributed by atoms with Crippen LogP contribution in [0.2, 0.25) is 0 Å². The van der Waals surface area contributed by atoms with Crippen molar-refractivity contribution in [3.8, 4) is 12.3 Å². The Balaban J connectivity index is 2.30. The van der Waals surface area contributed by atoms with Crippen LogP contribution in [0, 0.1) is 24.0 Å². The van der Waals surface area contributed by atoms with Crippen LogP contribution >= 0.6 is 11.3 Å². The van der Waals surface area contributed by atoms with Crippen LogP contribution < -0.4 is 0 Å². The molecule has 0 unspecified atom stereocenters. The van der Waals surface area contributed by atoms with Gasteiger partial charge in [-0.15, -0.1) is 17.8 Å². The molecule has 1 saturated carbocycles. The first-order chi connectivity index (χ1) is 7.70. The van der Waals surface area contributed by atoms with Gasteiger partial charge in [-0.1, -0.05) is 5.92 Å². The summed E-state index contributed by atoms with van der Waals surface area (Å²) in [5, 5.41) is 0.891. The van der Waals surface area contributed by atoms with Crippen LogP contribution in [0.4, 0.5) is 8.78 Å². The van der Waals surface area contributed by atoms with Gasteiger partial charge in [0, 0.05) is 5.92 Å². The minimum absolute atomic E-state index is 0.209. The van der Waals surface area contributed by atoms with Gasteiger partial charge in [0.15, 0.2) is 5.82 Å². The standard InChI is InChI=1S/C12H7F2NS/c1-2-7-8(13)5-9-11(10(7)14)15-12(16-9)6-3-4-6/h1,5-6H,3-4H2. The van der Waals surface area contributed by atoms with E-state index in [1.165, 1.54) is 17.4 Å². The van der Waals surface area contributed by atoms with Gasteiger partial charge in [0.05, 0.1) is 15.3 Å². The average molecular weight is 235 g/mol. The van der Waals surface area contributed by atoms with Crippen LogP contribution in [0.5, 0.6) is 0 Å². The summed E-state index contributed by atoms with van der Waals surface area (Å²) in [6, 6.07) is 1.27. The Morgan fingerprint density at radius 3 is 2.81 bits per heavy atom. The van der Waals surface area contributed by atoms with E-state index in [1.54, 1.807) is 0 Å². The lowest BCUT2D eigenvalue weighted by Crippen LogP contribution is -1.91. The van der Waals surface area contributed by atoms with Gasteiger partial charge < -0.3 is 0 Å². The highest BCUT2D eigenvalue weighted by atomic mass is 32.1. The third kappa shape index (κ3) is 1.32. The van der Waals surface area contributed by atoms with E-state index >= 15 is 0 Å². The third-order valence-electron chi connectivity index (χ3n) is 2.66. The number of benzene rings is 1. The second-order valence-corrected chi connectivity index (χ2v) is 4.93. The minimum Gasteiger partial charge on any atom is -0.238 e. The molecule has 1 heterocycles. The Kier molecular flexibility index (Phi) is 1.98. The molecule has 0 spiro atoms. The summed E-state index contributed by atoms with van der Waals surface area (Å²) in [5.41, 5.74) is -0.110. The van der Waals surface area contributed by atoms with Crippen LogP contribution in [-0.2, 0) is 0 Å². The van der Waals surface area contributed by atoms with Gasteiger partial charge in [0.1, 0.15) is 11.3 Å². The third-order valence-corrected chi connectivity index (χ3v) is 3.83. The SMILES string of the molecule is C#Cc1c(F)cc2sc(C3CC3)nc2c1F. The van der Waals surface area contributed by atoms with Gasteiger partial charge in [0.25, 0.3) is 0 Å². The van der Waals surface area contributed by atoms with E-state index in [1.807, 2.05) is 5.92 Å². The van der Waals surface area contributed by atoms with Crippen molar-refractivity contribution < 1.29 is 8.78 Å². The van der Waals surface area contributed by atoms with E-state index in [0.29, 0.717) is 10.6 Å². The molecule has 4 heteroatoms. The average Bonchev–Trinajstić information content (AvgIpc) is 3.00. The van der Waals surface area contributed by atoms with E-state index in [-0.39, 0.29) is 11.1 Å². The topological polar surface area (TPSA) is 12.9 Å². The van der Waals surface area contributed by atoms with E-state index in [9.17, 15) is 8.78 Å². The van der Waals surface area contributed by atoms with Crippen LogP contribution in [-0.4, -0.2) is 4.98 Å². The van der Waals surface area contributed by atoms with Crippen LogP contribution in [0.15, 0.2) is 6.07 Å². The first kappa shape index (κ1) is 9.73. The molecule has 0 amide bonds. The highest BCUT2D eigenvalue weighted by Gasteiger charge is 2.28. The van der Waals surface area contributed by atoms with Crippen molar-refractivity contribution in [2.75, 3.05) is 0 Å². The number of terminal acetylenes is 1. The zero-order valence-corrected chi connectivity index (χ0v) is 9.07. The molecule has 0 N–H and O–H groups in total. The van der Waals surface area contributed by atoms with Crippen molar-refractivity contribution in [2.45, 2.75) is 18.8 Å². The quantitative estimate of drug-likeness (QED) is 0.690. The van der Waals surface area contributed by atoms with Gasteiger partial charge in [-0.25, -0.2) is 13.8 Å². The number of aromatic nitrogens is 1. The molecule has 1 aromatic heterocycles. The molecule has 0 aliphatic heterocycles. The fourth-order valence-electron chi connectivity index (χ4n) is 1.65. The summed E-state index contributed by atoms with van der Waals surface area (Å²) in [6.07, 6.45) is 7.25. The maximum absolute atomic E-state index is 13.8. The van der Waals surface area contributed by atoms with Crippen molar-refractivity contribution in [3.63, 3.8) is 0 Å². The molecule has 2 aromatic rings. The fourth-order valence-corrected chi connectivity index (χ4v) is 2.81. The Labute approximate surface area is 95.1 Å². The number of fused-ring (bicyclic) bond motifs is 1. The van der Waals surface area contributed by atoms with Crippen molar-refractivity contribution in [2.24, 2.45) is 0 Å². The smallest absolute Gasteiger partial charge is 0.168 e. The van der Waals surface area contributed by atoms with E-state index in [4.69, 9.17) is 6.42 Å². The second kappa shape index (κ2) is 3.26. The second-order valence-electron chi connectivity index (χ2n) is 3.86. The van der Waals surface area contributed by atoms with Gasteiger partial charge in [0.2, 0.25) is 0 Å². The van der Waals surface area contributed by atoms with Gasteiger partial charge in [-0.3, -0.25) is 0 Å². The lowest BCUT2D eigenvalue weighted by Gasteiger charge is -1.97. The zero-order chi connectivity index (χ0) is 11.3. The number of hydrogen-bond donors (Lipinski definition) is 0. The zero-order valence-electron chi connectivity index (χ0n) is 8.26. The molecule has 1 fully saturated rings. The number of thiazole rings is 1. The van der Waals surface area contributed by atoms with Crippen molar-refractivity contribution in [1.82, 2.24) is 4.98 Å².